The third kappa shape index (κ3) is 5.97. The smallest absolute Gasteiger partial charge is 0.167 e. The number of hydrogen-bond acceptors (Lipinski definition) is 9. The number of rotatable bonds is 11. The summed E-state index contributed by atoms with van der Waals surface area (Å²) in [5.41, 5.74) is 2.25. The lowest BCUT2D eigenvalue weighted by molar-refractivity contribution is -0.0949. The molecule has 6 rings (SSSR count). The predicted octanol–water partition coefficient (Wildman–Crippen LogP) is 4.72. The highest BCUT2D eigenvalue weighted by Gasteiger charge is 2.42. The van der Waals surface area contributed by atoms with Crippen LogP contribution in [0.5, 0.6) is 11.5 Å². The summed E-state index contributed by atoms with van der Waals surface area (Å²) in [5, 5.41) is 16.5. The topological polar surface area (TPSA) is 116 Å². The molecule has 45 heavy (non-hydrogen) atoms. The quantitative estimate of drug-likeness (QED) is 0.129. The monoisotopic (exact) mass is 608 g/mol. The summed E-state index contributed by atoms with van der Waals surface area (Å²) in [6.45, 7) is 0.0944. The molecule has 0 amide bonds. The van der Waals surface area contributed by atoms with E-state index in [1.807, 2.05) is 97.9 Å². The van der Waals surface area contributed by atoms with Gasteiger partial charge in [-0.1, -0.05) is 54.6 Å². The molecule has 1 fully saturated rings. The number of nitrogens with zero attached hydrogens (tertiary/aromatic N) is 6. The third-order valence-corrected chi connectivity index (χ3v) is 7.90. The van der Waals surface area contributed by atoms with Crippen LogP contribution in [0.15, 0.2) is 96.4 Å². The van der Waals surface area contributed by atoms with Gasteiger partial charge in [0.1, 0.15) is 29.5 Å². The van der Waals surface area contributed by atoms with E-state index in [9.17, 15) is 5.11 Å². The van der Waals surface area contributed by atoms with Crippen molar-refractivity contribution in [3.05, 3.63) is 108 Å². The van der Waals surface area contributed by atoms with Gasteiger partial charge in [0.05, 0.1) is 44.9 Å². The van der Waals surface area contributed by atoms with Gasteiger partial charge in [0, 0.05) is 20.5 Å². The molecule has 3 aromatic carbocycles. The molecule has 1 N–H and O–H groups in total. The Morgan fingerprint density at radius 1 is 0.933 bits per heavy atom. The van der Waals surface area contributed by atoms with Crippen molar-refractivity contribution < 1.29 is 24.1 Å². The fourth-order valence-electron chi connectivity index (χ4n) is 5.63. The summed E-state index contributed by atoms with van der Waals surface area (Å²) >= 11 is 0. The van der Waals surface area contributed by atoms with E-state index < -0.39 is 24.0 Å². The molecule has 1 aliphatic heterocycles. The number of ether oxygens (including phenoxy) is 4. The third-order valence-electron chi connectivity index (χ3n) is 7.90. The van der Waals surface area contributed by atoms with Crippen molar-refractivity contribution in [1.82, 2.24) is 24.6 Å². The molecule has 2 aromatic heterocycles. The van der Waals surface area contributed by atoms with E-state index in [2.05, 4.69) is 20.1 Å². The fourth-order valence-corrected chi connectivity index (χ4v) is 5.63. The normalized spacial score (nSPS) is 18.5. The molecule has 1 saturated heterocycles. The number of aliphatic hydroxyl groups excluding tert-OH is 1. The van der Waals surface area contributed by atoms with Crippen molar-refractivity contribution in [3.63, 3.8) is 0 Å². The minimum Gasteiger partial charge on any atom is -0.497 e. The van der Waals surface area contributed by atoms with Crippen molar-refractivity contribution in [3.8, 4) is 11.5 Å². The van der Waals surface area contributed by atoms with Gasteiger partial charge in [-0.3, -0.25) is 0 Å². The standard InChI is InChI=1S/C34H36N6O5/c1-39(2)22-37-32-28-19-38-40(33(28)36-21-35-32)31-18-29(41)30(45-31)20-44-34(23-8-6-5-7-9-23,24-10-14-26(42-3)15-11-24)25-12-16-27(43-4)17-13-25/h5-17,19,21-22,29-31,41H,18,20H2,1-4H3. The molecule has 5 aromatic rings. The molecule has 0 aliphatic carbocycles. The van der Waals surface area contributed by atoms with Crippen LogP contribution in [0.1, 0.15) is 29.3 Å². The summed E-state index contributed by atoms with van der Waals surface area (Å²) in [4.78, 5) is 15.0. The van der Waals surface area contributed by atoms with Crippen LogP contribution >= 0.6 is 0 Å². The van der Waals surface area contributed by atoms with Gasteiger partial charge in [0.15, 0.2) is 17.7 Å². The Bertz CT molecular complexity index is 1690. The molecule has 3 unspecified atom stereocenters. The first kappa shape index (κ1) is 30.2. The molecule has 11 nitrogen and oxygen atoms in total. The van der Waals surface area contributed by atoms with Gasteiger partial charge < -0.3 is 29.0 Å². The van der Waals surface area contributed by atoms with E-state index in [1.54, 1.807) is 31.4 Å². The molecular formula is C34H36N6O5. The van der Waals surface area contributed by atoms with Gasteiger partial charge in [-0.15, -0.1) is 0 Å². The Balaban J connectivity index is 1.33. The molecule has 11 heteroatoms. The number of aromatic nitrogens is 4. The highest BCUT2D eigenvalue weighted by Crippen LogP contribution is 2.43. The Hall–Kier alpha value is -4.84. The predicted molar refractivity (Wildman–Crippen MR) is 170 cm³/mol. The van der Waals surface area contributed by atoms with E-state index >= 15 is 0 Å². The Labute approximate surface area is 261 Å². The van der Waals surface area contributed by atoms with Crippen molar-refractivity contribution in [2.24, 2.45) is 4.99 Å². The van der Waals surface area contributed by atoms with Gasteiger partial charge >= 0.3 is 0 Å². The maximum atomic E-state index is 11.2. The van der Waals surface area contributed by atoms with Crippen LogP contribution in [0.4, 0.5) is 5.82 Å². The number of aliphatic imine (C=N–C) groups is 1. The van der Waals surface area contributed by atoms with Crippen LogP contribution < -0.4 is 9.47 Å². The SMILES string of the molecule is COc1ccc(C(OCC2OC(n3ncc4c(N=CN(C)C)ncnc43)CC2O)(c2ccccc2)c2ccc(OC)cc2)cc1. The zero-order valence-electron chi connectivity index (χ0n) is 25.6. The number of hydrogen-bond donors (Lipinski definition) is 1. The molecule has 3 heterocycles. The Morgan fingerprint density at radius 3 is 2.16 bits per heavy atom. The first-order valence-corrected chi connectivity index (χ1v) is 14.6. The van der Waals surface area contributed by atoms with Gasteiger partial charge in [-0.25, -0.2) is 19.6 Å². The minimum atomic E-state index is -1.04. The zero-order chi connectivity index (χ0) is 31.4. The number of methoxy groups -OCH3 is 2. The van der Waals surface area contributed by atoms with Gasteiger partial charge in [0.2, 0.25) is 0 Å². The van der Waals surface area contributed by atoms with Crippen LogP contribution in [0.2, 0.25) is 0 Å². The van der Waals surface area contributed by atoms with Gasteiger partial charge in [-0.05, 0) is 41.0 Å². The second kappa shape index (κ2) is 13.0. The fraction of sp³-hybridized carbons (Fsp3) is 0.294. The maximum absolute atomic E-state index is 11.2. The van der Waals surface area contributed by atoms with E-state index in [-0.39, 0.29) is 6.61 Å². The summed E-state index contributed by atoms with van der Waals surface area (Å²) in [5.74, 6) is 1.97. The average Bonchev–Trinajstić information content (AvgIpc) is 3.68. The van der Waals surface area contributed by atoms with E-state index in [0.29, 0.717) is 23.3 Å². The lowest BCUT2D eigenvalue weighted by Crippen LogP contribution is -2.38. The molecule has 0 radical (unpaired) electrons. The first-order chi connectivity index (χ1) is 21.9. The van der Waals surface area contributed by atoms with Crippen molar-refractivity contribution in [2.75, 3.05) is 34.9 Å². The highest BCUT2D eigenvalue weighted by atomic mass is 16.6. The molecule has 3 atom stereocenters. The Morgan fingerprint density at radius 2 is 1.56 bits per heavy atom. The average molecular weight is 609 g/mol. The van der Waals surface area contributed by atoms with Crippen molar-refractivity contribution in [1.29, 1.82) is 0 Å². The lowest BCUT2D eigenvalue weighted by atomic mass is 9.80. The summed E-state index contributed by atoms with van der Waals surface area (Å²) in [7, 11) is 7.05. The Kier molecular flexibility index (Phi) is 8.74. The van der Waals surface area contributed by atoms with Gasteiger partial charge in [0.25, 0.3) is 0 Å². The van der Waals surface area contributed by atoms with Crippen LogP contribution in [-0.2, 0) is 15.1 Å². The second-order valence-corrected chi connectivity index (χ2v) is 11.0. The lowest BCUT2D eigenvalue weighted by Gasteiger charge is -2.37. The molecule has 232 valence electrons. The summed E-state index contributed by atoms with van der Waals surface area (Å²) in [6, 6.07) is 25.7. The van der Waals surface area contributed by atoms with E-state index in [1.165, 1.54) is 6.33 Å². The zero-order valence-corrected chi connectivity index (χ0v) is 25.6. The number of aliphatic hydroxyl groups is 1. The van der Waals surface area contributed by atoms with E-state index in [4.69, 9.17) is 18.9 Å². The second-order valence-electron chi connectivity index (χ2n) is 11.0. The molecule has 0 spiro atoms. The van der Waals surface area contributed by atoms with Crippen LogP contribution in [0.25, 0.3) is 11.0 Å². The molecular weight excluding hydrogens is 572 g/mol. The van der Waals surface area contributed by atoms with Crippen molar-refractivity contribution >= 4 is 23.2 Å². The van der Waals surface area contributed by atoms with Gasteiger partial charge in [-0.2, -0.15) is 5.10 Å². The van der Waals surface area contributed by atoms with Crippen LogP contribution in [0, 0.1) is 0 Å². The largest absolute Gasteiger partial charge is 0.497 e. The molecule has 0 saturated carbocycles. The highest BCUT2D eigenvalue weighted by molar-refractivity contribution is 5.86. The summed E-state index contributed by atoms with van der Waals surface area (Å²) < 4.78 is 26.0. The van der Waals surface area contributed by atoms with Crippen LogP contribution in [0.3, 0.4) is 0 Å². The molecule has 0 bridgehead atoms. The van der Waals surface area contributed by atoms with Crippen molar-refractivity contribution in [2.45, 2.75) is 30.5 Å². The minimum absolute atomic E-state index is 0.0944. The first-order valence-electron chi connectivity index (χ1n) is 14.6. The summed E-state index contributed by atoms with van der Waals surface area (Å²) in [6.07, 6.45) is 3.11. The van der Waals surface area contributed by atoms with Crippen LogP contribution in [-0.4, -0.2) is 83.2 Å². The maximum Gasteiger partial charge on any atom is 0.167 e. The van der Waals surface area contributed by atoms with E-state index in [0.717, 1.165) is 28.2 Å². The molecule has 1 aliphatic rings. The number of fused-ring (bicyclic) bond motifs is 1. The number of benzene rings is 3.